The molecule has 0 saturated heterocycles. The quantitative estimate of drug-likeness (QED) is 0.749. The van der Waals surface area contributed by atoms with Gasteiger partial charge in [-0.2, -0.15) is 0 Å². The van der Waals surface area contributed by atoms with Crippen molar-refractivity contribution in [2.24, 2.45) is 5.92 Å². The zero-order valence-electron chi connectivity index (χ0n) is 8.40. The summed E-state index contributed by atoms with van der Waals surface area (Å²) in [5, 5.41) is 11.1. The Morgan fingerprint density at radius 2 is 2.33 bits per heavy atom. The van der Waals surface area contributed by atoms with Gasteiger partial charge in [0.05, 0.1) is 18.6 Å². The highest BCUT2D eigenvalue weighted by Gasteiger charge is 2.12. The van der Waals surface area contributed by atoms with Crippen LogP contribution in [-0.4, -0.2) is 23.5 Å². The number of furan rings is 1. The number of rotatable bonds is 5. The molecule has 1 aromatic heterocycles. The summed E-state index contributed by atoms with van der Waals surface area (Å²) in [6, 6.07) is 3.39. The fraction of sp³-hybridized carbons (Fsp3) is 0.400. The fourth-order valence-electron chi connectivity index (χ4n) is 0.988. The third-order valence-corrected chi connectivity index (χ3v) is 1.94. The lowest BCUT2D eigenvalue weighted by Gasteiger charge is -2.07. The summed E-state index contributed by atoms with van der Waals surface area (Å²) >= 11 is 0. The van der Waals surface area contributed by atoms with Gasteiger partial charge < -0.3 is 14.8 Å². The Bertz CT molecular complexity index is 331. The first kappa shape index (κ1) is 11.3. The molecule has 1 unspecified atom stereocenters. The standard InChI is InChI=1S/C10H13NO4/c1-7(10(13)14)6-11-9(12)5-8-3-2-4-15-8/h2-4,7H,5-6H2,1H3,(H,11,12)(H,13,14). The predicted octanol–water partition coefficient (Wildman–Crippen LogP) is 0.659. The highest BCUT2D eigenvalue weighted by Crippen LogP contribution is 2.00. The SMILES string of the molecule is CC(CNC(=O)Cc1ccco1)C(=O)O. The van der Waals surface area contributed by atoms with Crippen LogP contribution in [0.5, 0.6) is 0 Å². The van der Waals surface area contributed by atoms with Crippen LogP contribution in [0.2, 0.25) is 0 Å². The van der Waals surface area contributed by atoms with Gasteiger partial charge in [-0.3, -0.25) is 9.59 Å². The van der Waals surface area contributed by atoms with Crippen molar-refractivity contribution >= 4 is 11.9 Å². The number of aliphatic carboxylic acids is 1. The maximum atomic E-state index is 11.3. The van der Waals surface area contributed by atoms with E-state index in [4.69, 9.17) is 9.52 Å². The van der Waals surface area contributed by atoms with E-state index in [2.05, 4.69) is 5.32 Å². The van der Waals surface area contributed by atoms with Crippen LogP contribution in [0.3, 0.4) is 0 Å². The first-order chi connectivity index (χ1) is 7.09. The van der Waals surface area contributed by atoms with Gasteiger partial charge in [0.25, 0.3) is 0 Å². The maximum absolute atomic E-state index is 11.3. The molecule has 1 heterocycles. The summed E-state index contributed by atoms with van der Waals surface area (Å²) in [6.07, 6.45) is 1.63. The van der Waals surface area contributed by atoms with Crippen LogP contribution in [0.4, 0.5) is 0 Å². The molecule has 2 N–H and O–H groups in total. The smallest absolute Gasteiger partial charge is 0.308 e. The summed E-state index contributed by atoms with van der Waals surface area (Å²) in [5.41, 5.74) is 0. The Morgan fingerprint density at radius 1 is 1.60 bits per heavy atom. The van der Waals surface area contributed by atoms with Crippen LogP contribution >= 0.6 is 0 Å². The summed E-state index contributed by atoms with van der Waals surface area (Å²) < 4.78 is 4.98. The number of hydrogen-bond donors (Lipinski definition) is 2. The molecular formula is C10H13NO4. The van der Waals surface area contributed by atoms with E-state index in [1.54, 1.807) is 12.1 Å². The molecule has 1 amide bonds. The molecule has 0 aliphatic rings. The van der Waals surface area contributed by atoms with E-state index in [1.165, 1.54) is 13.2 Å². The van der Waals surface area contributed by atoms with E-state index in [1.807, 2.05) is 0 Å². The predicted molar refractivity (Wildman–Crippen MR) is 52.2 cm³/mol. The van der Waals surface area contributed by atoms with Crippen molar-refractivity contribution < 1.29 is 19.1 Å². The van der Waals surface area contributed by atoms with Crippen molar-refractivity contribution in [3.05, 3.63) is 24.2 Å². The number of hydrogen-bond acceptors (Lipinski definition) is 3. The zero-order chi connectivity index (χ0) is 11.3. The van der Waals surface area contributed by atoms with E-state index in [0.29, 0.717) is 5.76 Å². The van der Waals surface area contributed by atoms with Crippen molar-refractivity contribution in [2.45, 2.75) is 13.3 Å². The number of carboxylic acids is 1. The number of carboxylic acid groups (broad SMARTS) is 1. The van der Waals surface area contributed by atoms with Crippen LogP contribution in [0.1, 0.15) is 12.7 Å². The molecule has 0 radical (unpaired) electrons. The highest BCUT2D eigenvalue weighted by molar-refractivity contribution is 5.78. The normalized spacial score (nSPS) is 12.1. The van der Waals surface area contributed by atoms with E-state index in [9.17, 15) is 9.59 Å². The van der Waals surface area contributed by atoms with Crippen LogP contribution in [-0.2, 0) is 16.0 Å². The van der Waals surface area contributed by atoms with Crippen molar-refractivity contribution in [1.82, 2.24) is 5.32 Å². The van der Waals surface area contributed by atoms with Crippen LogP contribution in [0, 0.1) is 5.92 Å². The molecule has 1 rings (SSSR count). The Labute approximate surface area is 87.1 Å². The number of carbonyl (C=O) groups excluding carboxylic acids is 1. The first-order valence-electron chi connectivity index (χ1n) is 4.61. The van der Waals surface area contributed by atoms with Crippen molar-refractivity contribution in [2.75, 3.05) is 6.54 Å². The second-order valence-corrected chi connectivity index (χ2v) is 3.30. The molecule has 1 aromatic rings. The van der Waals surface area contributed by atoms with E-state index >= 15 is 0 Å². The lowest BCUT2D eigenvalue weighted by atomic mass is 10.2. The fourth-order valence-corrected chi connectivity index (χ4v) is 0.988. The minimum atomic E-state index is -0.923. The summed E-state index contributed by atoms with van der Waals surface area (Å²) in [5.74, 6) is -1.17. The Kier molecular flexibility index (Phi) is 3.91. The highest BCUT2D eigenvalue weighted by atomic mass is 16.4. The van der Waals surface area contributed by atoms with Gasteiger partial charge in [0.15, 0.2) is 0 Å². The second-order valence-electron chi connectivity index (χ2n) is 3.30. The Morgan fingerprint density at radius 3 is 2.87 bits per heavy atom. The van der Waals surface area contributed by atoms with Gasteiger partial charge in [-0.25, -0.2) is 0 Å². The van der Waals surface area contributed by atoms with Gasteiger partial charge >= 0.3 is 5.97 Å². The maximum Gasteiger partial charge on any atom is 0.308 e. The van der Waals surface area contributed by atoms with Gasteiger partial charge in [-0.15, -0.1) is 0 Å². The van der Waals surface area contributed by atoms with Crippen molar-refractivity contribution in [1.29, 1.82) is 0 Å². The average Bonchev–Trinajstić information content (AvgIpc) is 2.66. The lowest BCUT2D eigenvalue weighted by Crippen LogP contribution is -2.32. The minimum absolute atomic E-state index is 0.134. The van der Waals surface area contributed by atoms with Gasteiger partial charge in [0.1, 0.15) is 5.76 Å². The van der Waals surface area contributed by atoms with Crippen molar-refractivity contribution in [3.8, 4) is 0 Å². The third-order valence-electron chi connectivity index (χ3n) is 1.94. The molecule has 0 aromatic carbocycles. The molecular weight excluding hydrogens is 198 g/mol. The summed E-state index contributed by atoms with van der Waals surface area (Å²) in [6.45, 7) is 1.67. The molecule has 0 fully saturated rings. The largest absolute Gasteiger partial charge is 0.481 e. The molecule has 0 spiro atoms. The van der Waals surface area contributed by atoms with Gasteiger partial charge in [0, 0.05) is 6.54 Å². The van der Waals surface area contributed by atoms with E-state index in [0.717, 1.165) is 0 Å². The number of nitrogens with one attached hydrogen (secondary N) is 1. The minimum Gasteiger partial charge on any atom is -0.481 e. The zero-order valence-corrected chi connectivity index (χ0v) is 8.40. The molecule has 0 saturated carbocycles. The third kappa shape index (κ3) is 3.84. The van der Waals surface area contributed by atoms with E-state index < -0.39 is 11.9 Å². The molecule has 5 heteroatoms. The Hall–Kier alpha value is -1.78. The lowest BCUT2D eigenvalue weighted by molar-refractivity contribution is -0.141. The summed E-state index contributed by atoms with van der Waals surface area (Å²) in [4.78, 5) is 21.7. The second kappa shape index (κ2) is 5.19. The topological polar surface area (TPSA) is 79.5 Å². The number of amides is 1. The molecule has 0 bridgehead atoms. The monoisotopic (exact) mass is 211 g/mol. The van der Waals surface area contributed by atoms with Crippen LogP contribution < -0.4 is 5.32 Å². The molecule has 82 valence electrons. The summed E-state index contributed by atoms with van der Waals surface area (Å²) in [7, 11) is 0. The molecule has 0 aliphatic heterocycles. The van der Waals surface area contributed by atoms with Gasteiger partial charge in [0.2, 0.25) is 5.91 Å². The van der Waals surface area contributed by atoms with Gasteiger partial charge in [-0.05, 0) is 12.1 Å². The first-order valence-corrected chi connectivity index (χ1v) is 4.61. The Balaban J connectivity index is 2.28. The molecule has 15 heavy (non-hydrogen) atoms. The van der Waals surface area contributed by atoms with E-state index in [-0.39, 0.29) is 18.9 Å². The molecule has 1 atom stereocenters. The number of carbonyl (C=O) groups is 2. The van der Waals surface area contributed by atoms with Crippen LogP contribution in [0.15, 0.2) is 22.8 Å². The van der Waals surface area contributed by atoms with Gasteiger partial charge in [-0.1, -0.05) is 6.92 Å². The molecule has 5 nitrogen and oxygen atoms in total. The van der Waals surface area contributed by atoms with Crippen LogP contribution in [0.25, 0.3) is 0 Å². The molecule has 0 aliphatic carbocycles. The average molecular weight is 211 g/mol. The van der Waals surface area contributed by atoms with Crippen molar-refractivity contribution in [3.63, 3.8) is 0 Å².